The minimum absolute atomic E-state index is 0.0298. The van der Waals surface area contributed by atoms with Crippen molar-refractivity contribution in [2.75, 3.05) is 12.4 Å². The summed E-state index contributed by atoms with van der Waals surface area (Å²) in [4.78, 5) is 14.2. The summed E-state index contributed by atoms with van der Waals surface area (Å²) in [6.45, 7) is 6.75. The number of alkyl halides is 1. The summed E-state index contributed by atoms with van der Waals surface area (Å²) < 4.78 is 40.1. The Labute approximate surface area is 301 Å². The minimum Gasteiger partial charge on any atom is -0.508 e. The van der Waals surface area contributed by atoms with Crippen molar-refractivity contribution in [2.24, 2.45) is 0 Å². The van der Waals surface area contributed by atoms with E-state index in [-0.39, 0.29) is 49.5 Å². The molecule has 0 fully saturated rings. The number of fused-ring (bicyclic) bond motifs is 2. The molecule has 1 unspecified atom stereocenters. The van der Waals surface area contributed by atoms with E-state index in [0.717, 1.165) is 56.6 Å². The van der Waals surface area contributed by atoms with Crippen LogP contribution in [-0.2, 0) is 45.3 Å². The van der Waals surface area contributed by atoms with Crippen LogP contribution in [0.5, 0.6) is 11.5 Å². The van der Waals surface area contributed by atoms with Crippen molar-refractivity contribution in [3.63, 3.8) is 0 Å². The number of rotatable bonds is 13. The molecular weight excluding hydrogens is 696 g/mol. The van der Waals surface area contributed by atoms with Crippen molar-refractivity contribution in [3.8, 4) is 11.5 Å². The molecule has 262 valence electrons. The highest BCUT2D eigenvalue weighted by Gasteiger charge is 2.32. The number of aromatic hydroxyl groups is 1. The van der Waals surface area contributed by atoms with Crippen LogP contribution in [0.4, 0.5) is 0 Å². The number of carbonyl (C=O) groups is 1. The largest absolute Gasteiger partial charge is 0.508 e. The molecule has 0 spiro atoms. The Morgan fingerprint density at radius 2 is 1.90 bits per heavy atom. The molecule has 4 aromatic carbocycles. The topological polar surface area (TPSA) is 124 Å². The van der Waals surface area contributed by atoms with Gasteiger partial charge < -0.3 is 14.0 Å². The van der Waals surface area contributed by atoms with Gasteiger partial charge in [0.15, 0.2) is 0 Å². The number of esters is 1. The average Bonchev–Trinajstić information content (AvgIpc) is 3.51. The van der Waals surface area contributed by atoms with Gasteiger partial charge in [-0.2, -0.15) is 12.7 Å². The molecule has 50 heavy (non-hydrogen) atoms. The highest BCUT2D eigenvalue weighted by Crippen LogP contribution is 2.37. The molecule has 13 heteroatoms. The maximum Gasteiger partial charge on any atom is 0.385 e. The molecular formula is C37H39ClN4O6S2. The lowest BCUT2D eigenvalue weighted by atomic mass is 9.84. The first-order chi connectivity index (χ1) is 24.1. The van der Waals surface area contributed by atoms with Crippen LogP contribution in [0.15, 0.2) is 77.7 Å². The summed E-state index contributed by atoms with van der Waals surface area (Å²) in [7, 11) is -4.08. The Morgan fingerprint density at radius 3 is 2.70 bits per heavy atom. The predicted molar refractivity (Wildman–Crippen MR) is 195 cm³/mol. The number of aromatic nitrogens is 3. The van der Waals surface area contributed by atoms with E-state index < -0.39 is 10.3 Å². The van der Waals surface area contributed by atoms with E-state index in [1.807, 2.05) is 67.1 Å². The van der Waals surface area contributed by atoms with Gasteiger partial charge in [0.05, 0.1) is 18.5 Å². The van der Waals surface area contributed by atoms with Crippen molar-refractivity contribution in [1.29, 1.82) is 0 Å². The van der Waals surface area contributed by atoms with Gasteiger partial charge >= 0.3 is 16.3 Å². The summed E-state index contributed by atoms with van der Waals surface area (Å²) >= 11 is 7.89. The zero-order valence-electron chi connectivity index (χ0n) is 28.1. The maximum atomic E-state index is 13.1. The molecule has 10 nitrogen and oxygen atoms in total. The van der Waals surface area contributed by atoms with E-state index in [4.69, 9.17) is 20.5 Å². The molecule has 0 bridgehead atoms. The van der Waals surface area contributed by atoms with Gasteiger partial charge in [0.25, 0.3) is 0 Å². The summed E-state index contributed by atoms with van der Waals surface area (Å²) in [5, 5.41) is 19.0. The van der Waals surface area contributed by atoms with Gasteiger partial charge in [-0.15, -0.1) is 28.5 Å². The molecule has 1 atom stereocenters. The molecule has 0 aliphatic carbocycles. The molecule has 2 heterocycles. The van der Waals surface area contributed by atoms with E-state index in [1.165, 1.54) is 27.4 Å². The molecule has 1 aromatic heterocycles. The third-order valence-corrected chi connectivity index (χ3v) is 11.7. The predicted octanol–water partition coefficient (Wildman–Crippen LogP) is 7.40. The van der Waals surface area contributed by atoms with E-state index in [9.17, 15) is 18.3 Å². The zero-order chi connectivity index (χ0) is 35.4. The first-order valence-corrected chi connectivity index (χ1v) is 19.3. The second-order valence-electron chi connectivity index (χ2n) is 12.3. The first kappa shape index (κ1) is 35.7. The molecule has 0 radical (unpaired) electrons. The quantitative estimate of drug-likeness (QED) is 0.0571. The fourth-order valence-corrected chi connectivity index (χ4v) is 8.68. The van der Waals surface area contributed by atoms with Gasteiger partial charge in [-0.25, -0.2) is 4.68 Å². The van der Waals surface area contributed by atoms with Crippen molar-refractivity contribution < 1.29 is 27.2 Å². The highest BCUT2D eigenvalue weighted by molar-refractivity contribution is 7.99. The van der Waals surface area contributed by atoms with Gasteiger partial charge in [0, 0.05) is 41.9 Å². The van der Waals surface area contributed by atoms with Gasteiger partial charge in [0.1, 0.15) is 17.0 Å². The number of halogens is 1. The van der Waals surface area contributed by atoms with Gasteiger partial charge in [-0.3, -0.25) is 4.79 Å². The molecule has 1 aliphatic heterocycles. The fourth-order valence-electron chi connectivity index (χ4n) is 6.28. The number of carbonyl (C=O) groups excluding carboxylic acids is 1. The van der Waals surface area contributed by atoms with Crippen LogP contribution in [0.1, 0.15) is 64.6 Å². The third-order valence-electron chi connectivity index (χ3n) is 8.95. The number of phenolic OH excluding ortho intramolecular Hbond substituents is 1. The lowest BCUT2D eigenvalue weighted by Gasteiger charge is -2.28. The SMILES string of the molecule is CCOC(=O)CC(c1ccc(C)c(CN2Cc3cc(O)ccc3OS2(=O)=O)c1)c1ccc2c(nnn2CCCSc2ccccc2CCl)c1C. The maximum absolute atomic E-state index is 13.1. The van der Waals surface area contributed by atoms with Crippen molar-refractivity contribution in [3.05, 3.63) is 112 Å². The Balaban J connectivity index is 1.26. The van der Waals surface area contributed by atoms with E-state index >= 15 is 0 Å². The van der Waals surface area contributed by atoms with Crippen LogP contribution in [0.3, 0.4) is 0 Å². The summed E-state index contributed by atoms with van der Waals surface area (Å²) in [5.74, 6) is 0.906. The Kier molecular flexibility index (Phi) is 11.0. The van der Waals surface area contributed by atoms with E-state index in [1.54, 1.807) is 18.7 Å². The van der Waals surface area contributed by atoms with E-state index in [0.29, 0.717) is 18.0 Å². The Hall–Kier alpha value is -4.10. The smallest absolute Gasteiger partial charge is 0.385 e. The highest BCUT2D eigenvalue weighted by atomic mass is 35.5. The second-order valence-corrected chi connectivity index (χ2v) is 15.2. The van der Waals surface area contributed by atoms with Crippen LogP contribution >= 0.6 is 23.4 Å². The number of phenols is 1. The van der Waals surface area contributed by atoms with Crippen LogP contribution in [0, 0.1) is 13.8 Å². The van der Waals surface area contributed by atoms with Crippen molar-refractivity contribution in [1.82, 2.24) is 19.3 Å². The Morgan fingerprint density at radius 1 is 1.08 bits per heavy atom. The van der Waals surface area contributed by atoms with Gasteiger partial charge in [0.2, 0.25) is 0 Å². The monoisotopic (exact) mass is 734 g/mol. The van der Waals surface area contributed by atoms with Crippen LogP contribution in [0.25, 0.3) is 11.0 Å². The standard InChI is InChI=1S/C37H39ClN4O6S2/c1-4-47-36(44)20-32(26-11-10-24(2)28(18-26)22-41-23-29-19-30(43)12-15-34(29)48-50(41,45)46)31-13-14-33-37(25(31)3)39-40-42(33)16-7-17-49-35-9-6-5-8-27(35)21-38/h5-6,8-15,18-19,32,43H,4,7,16-17,20-23H2,1-3H3. The average molecular weight is 735 g/mol. The van der Waals surface area contributed by atoms with Crippen LogP contribution in [-0.4, -0.2) is 51.2 Å². The van der Waals surface area contributed by atoms with Crippen LogP contribution < -0.4 is 4.18 Å². The number of aryl methyl sites for hydroxylation is 3. The van der Waals surface area contributed by atoms with Crippen molar-refractivity contribution in [2.45, 2.75) is 69.9 Å². The summed E-state index contributed by atoms with van der Waals surface area (Å²) in [6.07, 6.45) is 0.984. The number of nitrogens with zero attached hydrogens (tertiary/aromatic N) is 4. The van der Waals surface area contributed by atoms with Crippen LogP contribution in [0.2, 0.25) is 0 Å². The number of hydrogen-bond donors (Lipinski definition) is 1. The first-order valence-electron chi connectivity index (χ1n) is 16.4. The minimum atomic E-state index is -4.08. The van der Waals surface area contributed by atoms with E-state index in [2.05, 4.69) is 16.4 Å². The lowest BCUT2D eigenvalue weighted by molar-refractivity contribution is -0.143. The number of hydrogen-bond acceptors (Lipinski definition) is 9. The summed E-state index contributed by atoms with van der Waals surface area (Å²) in [6, 6.07) is 22.4. The molecule has 1 N–H and O–H groups in total. The molecule has 0 saturated heterocycles. The fraction of sp³-hybridized carbons (Fsp3) is 0.324. The van der Waals surface area contributed by atoms with Gasteiger partial charge in [-0.05, 0) is 96.7 Å². The second kappa shape index (κ2) is 15.4. The normalized spacial score (nSPS) is 14.6. The molecule has 0 saturated carbocycles. The number of benzene rings is 4. The number of ether oxygens (including phenoxy) is 1. The third kappa shape index (κ3) is 7.78. The Bertz CT molecular complexity index is 2140. The zero-order valence-corrected chi connectivity index (χ0v) is 30.5. The summed E-state index contributed by atoms with van der Waals surface area (Å²) in [5.41, 5.74) is 7.71. The lowest BCUT2D eigenvalue weighted by Crippen LogP contribution is -2.37. The van der Waals surface area contributed by atoms with Gasteiger partial charge in [-0.1, -0.05) is 47.7 Å². The number of thioether (sulfide) groups is 1. The molecule has 1 aliphatic rings. The van der Waals surface area contributed by atoms with Crippen molar-refractivity contribution >= 4 is 50.7 Å². The molecule has 5 aromatic rings. The molecule has 6 rings (SSSR count). The molecule has 0 amide bonds.